The van der Waals surface area contributed by atoms with Crippen molar-refractivity contribution in [3.05, 3.63) is 71.9 Å². The number of piperidine rings is 1. The number of alkyl halides is 3. The van der Waals surface area contributed by atoms with E-state index >= 15 is 0 Å². The number of amides is 1. The predicted octanol–water partition coefficient (Wildman–Crippen LogP) is 5.95. The second-order valence-corrected chi connectivity index (χ2v) is 9.68. The number of benzene rings is 2. The molecule has 0 saturated carbocycles. The monoisotopic (exact) mass is 507 g/mol. The number of pyridine rings is 1. The van der Waals surface area contributed by atoms with Crippen LogP contribution in [0, 0.1) is 6.92 Å². The molecular weight excluding hydrogens is 483 g/mol. The maximum absolute atomic E-state index is 13.0. The van der Waals surface area contributed by atoms with Crippen LogP contribution >= 0.6 is 0 Å². The van der Waals surface area contributed by atoms with Gasteiger partial charge in [0, 0.05) is 43.4 Å². The molecule has 7 nitrogen and oxygen atoms in total. The quantitative estimate of drug-likeness (QED) is 0.371. The first-order valence-corrected chi connectivity index (χ1v) is 12.0. The van der Waals surface area contributed by atoms with Gasteiger partial charge in [0.25, 0.3) is 0 Å². The number of aryl methyl sites for hydroxylation is 1. The SMILES string of the molecule is Cc1cccc(N2CC3(CCN(c4ccc(-c5nc6cc(C(F)(F)F)ccc6[nH]5)cn4)CC3)OC2=O)c1. The third kappa shape index (κ3) is 4.36. The molecule has 1 N–H and O–H groups in total. The number of hydrogen-bond acceptors (Lipinski definition) is 5. The number of aromatic amines is 1. The molecule has 2 aromatic heterocycles. The summed E-state index contributed by atoms with van der Waals surface area (Å²) in [5.41, 5.74) is 2.15. The highest BCUT2D eigenvalue weighted by molar-refractivity contribution is 5.90. The number of anilines is 2. The van der Waals surface area contributed by atoms with Gasteiger partial charge in [0.2, 0.25) is 0 Å². The average Bonchev–Trinajstić information content (AvgIpc) is 3.44. The smallest absolute Gasteiger partial charge is 0.416 e. The second-order valence-electron chi connectivity index (χ2n) is 9.68. The zero-order valence-electron chi connectivity index (χ0n) is 20.0. The van der Waals surface area contributed by atoms with Crippen LogP contribution in [0.5, 0.6) is 0 Å². The summed E-state index contributed by atoms with van der Waals surface area (Å²) in [5, 5.41) is 0. The molecular formula is C27H24F3N5O2. The number of nitrogens with one attached hydrogen (secondary N) is 1. The molecule has 0 radical (unpaired) electrons. The van der Waals surface area contributed by atoms with Crippen LogP contribution in [-0.4, -0.2) is 46.3 Å². The summed E-state index contributed by atoms with van der Waals surface area (Å²) in [4.78, 5) is 28.5. The van der Waals surface area contributed by atoms with Crippen molar-refractivity contribution in [3.8, 4) is 11.4 Å². The van der Waals surface area contributed by atoms with Gasteiger partial charge in [-0.25, -0.2) is 14.8 Å². The number of H-pyrrole nitrogens is 1. The lowest BCUT2D eigenvalue weighted by Crippen LogP contribution is -2.47. The molecule has 1 spiro atoms. The lowest BCUT2D eigenvalue weighted by molar-refractivity contribution is -0.137. The van der Waals surface area contributed by atoms with E-state index < -0.39 is 17.3 Å². The molecule has 1 amide bonds. The Morgan fingerprint density at radius 3 is 2.57 bits per heavy atom. The third-order valence-electron chi connectivity index (χ3n) is 7.11. The molecule has 37 heavy (non-hydrogen) atoms. The number of aromatic nitrogens is 3. The van der Waals surface area contributed by atoms with Crippen LogP contribution in [0.3, 0.4) is 0 Å². The molecule has 2 aromatic carbocycles. The Morgan fingerprint density at radius 2 is 1.86 bits per heavy atom. The minimum atomic E-state index is -4.42. The topological polar surface area (TPSA) is 74.3 Å². The average molecular weight is 508 g/mol. The number of fused-ring (bicyclic) bond motifs is 1. The first kappa shape index (κ1) is 23.3. The Bertz CT molecular complexity index is 1470. The van der Waals surface area contributed by atoms with E-state index in [9.17, 15) is 18.0 Å². The molecule has 4 aromatic rings. The van der Waals surface area contributed by atoms with Crippen LogP contribution in [0.25, 0.3) is 22.4 Å². The molecule has 0 bridgehead atoms. The fraction of sp³-hybridized carbons (Fsp3) is 0.296. The van der Waals surface area contributed by atoms with Gasteiger partial charge in [0.1, 0.15) is 17.2 Å². The molecule has 4 heterocycles. The summed E-state index contributed by atoms with van der Waals surface area (Å²) < 4.78 is 44.9. The number of halogens is 3. The first-order valence-electron chi connectivity index (χ1n) is 12.0. The Hall–Kier alpha value is -4.08. The summed E-state index contributed by atoms with van der Waals surface area (Å²) in [6.07, 6.45) is -1.68. The number of carbonyl (C=O) groups is 1. The summed E-state index contributed by atoms with van der Waals surface area (Å²) in [6, 6.07) is 15.0. The van der Waals surface area contributed by atoms with E-state index in [4.69, 9.17) is 4.74 Å². The Morgan fingerprint density at radius 1 is 1.05 bits per heavy atom. The van der Waals surface area contributed by atoms with Gasteiger partial charge in [-0.1, -0.05) is 12.1 Å². The van der Waals surface area contributed by atoms with Crippen molar-refractivity contribution < 1.29 is 22.7 Å². The summed E-state index contributed by atoms with van der Waals surface area (Å²) >= 11 is 0. The van der Waals surface area contributed by atoms with E-state index in [0.29, 0.717) is 49.4 Å². The van der Waals surface area contributed by atoms with Crippen molar-refractivity contribution in [2.75, 3.05) is 29.4 Å². The fourth-order valence-corrected chi connectivity index (χ4v) is 5.05. The zero-order chi connectivity index (χ0) is 25.8. The highest BCUT2D eigenvalue weighted by Gasteiger charge is 2.47. The first-order chi connectivity index (χ1) is 17.7. The van der Waals surface area contributed by atoms with E-state index in [2.05, 4.69) is 19.9 Å². The zero-order valence-corrected chi connectivity index (χ0v) is 20.0. The number of hydrogen-bond donors (Lipinski definition) is 1. The number of ether oxygens (including phenoxy) is 1. The van der Waals surface area contributed by atoms with Crippen molar-refractivity contribution in [1.29, 1.82) is 0 Å². The van der Waals surface area contributed by atoms with Gasteiger partial charge in [0.05, 0.1) is 23.1 Å². The van der Waals surface area contributed by atoms with Gasteiger partial charge in [-0.15, -0.1) is 0 Å². The van der Waals surface area contributed by atoms with Crippen molar-refractivity contribution in [2.24, 2.45) is 0 Å². The maximum atomic E-state index is 13.0. The highest BCUT2D eigenvalue weighted by atomic mass is 19.4. The number of rotatable bonds is 3. The van der Waals surface area contributed by atoms with E-state index in [-0.39, 0.29) is 11.6 Å². The Kier molecular flexibility index (Phi) is 5.36. The molecule has 190 valence electrons. The van der Waals surface area contributed by atoms with Crippen LogP contribution < -0.4 is 9.80 Å². The van der Waals surface area contributed by atoms with Crippen molar-refractivity contribution in [3.63, 3.8) is 0 Å². The fourth-order valence-electron chi connectivity index (χ4n) is 5.05. The van der Waals surface area contributed by atoms with Crippen LogP contribution in [0.15, 0.2) is 60.8 Å². The summed E-state index contributed by atoms with van der Waals surface area (Å²) in [7, 11) is 0. The van der Waals surface area contributed by atoms with E-state index in [1.807, 2.05) is 43.3 Å². The Labute approximate surface area is 210 Å². The third-order valence-corrected chi connectivity index (χ3v) is 7.11. The lowest BCUT2D eigenvalue weighted by Gasteiger charge is -2.38. The van der Waals surface area contributed by atoms with Crippen LogP contribution in [0.2, 0.25) is 0 Å². The maximum Gasteiger partial charge on any atom is 0.416 e. The molecule has 0 atom stereocenters. The molecule has 2 fully saturated rings. The predicted molar refractivity (Wildman–Crippen MR) is 134 cm³/mol. The number of imidazole rings is 1. The lowest BCUT2D eigenvalue weighted by atomic mass is 9.91. The molecule has 0 unspecified atom stereocenters. The van der Waals surface area contributed by atoms with Gasteiger partial charge in [-0.2, -0.15) is 13.2 Å². The van der Waals surface area contributed by atoms with Gasteiger partial charge >= 0.3 is 12.3 Å². The van der Waals surface area contributed by atoms with Crippen LogP contribution in [-0.2, 0) is 10.9 Å². The molecule has 6 rings (SSSR count). The van der Waals surface area contributed by atoms with Gasteiger partial charge in [0.15, 0.2) is 0 Å². The van der Waals surface area contributed by atoms with Crippen molar-refractivity contribution in [1.82, 2.24) is 15.0 Å². The van der Waals surface area contributed by atoms with Crippen LogP contribution in [0.4, 0.5) is 29.5 Å². The van der Waals surface area contributed by atoms with Crippen molar-refractivity contribution >= 4 is 28.6 Å². The minimum Gasteiger partial charge on any atom is -0.440 e. The van der Waals surface area contributed by atoms with Crippen molar-refractivity contribution in [2.45, 2.75) is 31.5 Å². The molecule has 2 aliphatic rings. The van der Waals surface area contributed by atoms with E-state index in [0.717, 1.165) is 29.2 Å². The Balaban J connectivity index is 1.14. The normalized spacial score (nSPS) is 17.6. The number of nitrogens with zero attached hydrogens (tertiary/aromatic N) is 4. The summed E-state index contributed by atoms with van der Waals surface area (Å²) in [6.45, 7) is 3.89. The second kappa shape index (κ2) is 8.50. The van der Waals surface area contributed by atoms with E-state index in [1.54, 1.807) is 11.1 Å². The standard InChI is InChI=1S/C27H24F3N5O2/c1-17-3-2-4-20(13-17)35-16-26(37-25(35)36)9-11-34(12-10-26)23-8-5-18(15-31-23)24-32-21-7-6-19(27(28,29)30)14-22(21)33-24/h2-8,13-15H,9-12,16H2,1H3,(H,32,33). The summed E-state index contributed by atoms with van der Waals surface area (Å²) in [5.74, 6) is 1.24. The molecule has 0 aliphatic carbocycles. The highest BCUT2D eigenvalue weighted by Crippen LogP contribution is 2.37. The van der Waals surface area contributed by atoms with E-state index in [1.165, 1.54) is 6.07 Å². The largest absolute Gasteiger partial charge is 0.440 e. The minimum absolute atomic E-state index is 0.251. The number of carbonyl (C=O) groups excluding carboxylic acids is 1. The van der Waals surface area contributed by atoms with Gasteiger partial charge in [-0.3, -0.25) is 4.90 Å². The molecule has 2 saturated heterocycles. The van der Waals surface area contributed by atoms with Gasteiger partial charge < -0.3 is 14.6 Å². The molecule has 2 aliphatic heterocycles. The molecule has 10 heteroatoms. The van der Waals surface area contributed by atoms with Crippen LogP contribution in [0.1, 0.15) is 24.0 Å². The van der Waals surface area contributed by atoms with Gasteiger partial charge in [-0.05, 0) is 55.0 Å².